The number of amides is 1. The number of anilines is 1. The third kappa shape index (κ3) is 3.93. The molecule has 0 unspecified atom stereocenters. The topological polar surface area (TPSA) is 93.5 Å². The predicted molar refractivity (Wildman–Crippen MR) is 66.8 cm³/mol. The normalized spacial score (nSPS) is 9.67. The summed E-state index contributed by atoms with van der Waals surface area (Å²) in [5.74, 6) is 0.287. The first-order valence-electron chi connectivity index (χ1n) is 5.35. The van der Waals surface area contributed by atoms with Crippen LogP contribution in [0.25, 0.3) is 0 Å². The van der Waals surface area contributed by atoms with E-state index in [1.807, 2.05) is 0 Å². The van der Waals surface area contributed by atoms with Gasteiger partial charge in [0.25, 0.3) is 5.69 Å². The van der Waals surface area contributed by atoms with E-state index in [0.717, 1.165) is 0 Å². The molecule has 0 saturated heterocycles. The van der Waals surface area contributed by atoms with E-state index in [2.05, 4.69) is 10.6 Å². The van der Waals surface area contributed by atoms with E-state index in [1.165, 1.54) is 20.1 Å². The van der Waals surface area contributed by atoms with Gasteiger partial charge in [-0.25, -0.2) is 0 Å². The van der Waals surface area contributed by atoms with E-state index >= 15 is 0 Å². The molecule has 0 atom stereocenters. The second kappa shape index (κ2) is 6.43. The minimum atomic E-state index is -0.483. The smallest absolute Gasteiger partial charge is 0.296 e. The van der Waals surface area contributed by atoms with Gasteiger partial charge in [0.2, 0.25) is 5.91 Å². The highest BCUT2D eigenvalue weighted by atomic mass is 16.6. The molecule has 1 aromatic carbocycles. The molecular formula is C11H15N3O4. The average molecular weight is 253 g/mol. The average Bonchev–Trinajstić information content (AvgIpc) is 2.34. The van der Waals surface area contributed by atoms with Gasteiger partial charge >= 0.3 is 0 Å². The minimum Gasteiger partial charge on any atom is -0.496 e. The molecule has 1 rings (SSSR count). The van der Waals surface area contributed by atoms with E-state index in [0.29, 0.717) is 24.5 Å². The SMILES string of the molecule is COc1ccc(NCCNC(C)=O)c([N+](=O)[O-])c1. The van der Waals surface area contributed by atoms with Crippen molar-refractivity contribution in [1.82, 2.24) is 5.32 Å². The summed E-state index contributed by atoms with van der Waals surface area (Å²) in [4.78, 5) is 21.0. The van der Waals surface area contributed by atoms with Crippen molar-refractivity contribution in [1.29, 1.82) is 0 Å². The molecule has 98 valence electrons. The van der Waals surface area contributed by atoms with Gasteiger partial charge in [-0.1, -0.05) is 0 Å². The van der Waals surface area contributed by atoms with Gasteiger partial charge in [-0.3, -0.25) is 14.9 Å². The zero-order valence-corrected chi connectivity index (χ0v) is 10.2. The van der Waals surface area contributed by atoms with Crippen molar-refractivity contribution >= 4 is 17.3 Å². The fraction of sp³-hybridized carbons (Fsp3) is 0.364. The van der Waals surface area contributed by atoms with Crippen LogP contribution in [-0.2, 0) is 4.79 Å². The largest absolute Gasteiger partial charge is 0.496 e. The Hall–Kier alpha value is -2.31. The molecule has 18 heavy (non-hydrogen) atoms. The number of benzene rings is 1. The van der Waals surface area contributed by atoms with Gasteiger partial charge in [0.15, 0.2) is 0 Å². The zero-order chi connectivity index (χ0) is 13.5. The maximum Gasteiger partial charge on any atom is 0.296 e. The van der Waals surface area contributed by atoms with Crippen molar-refractivity contribution in [2.75, 3.05) is 25.5 Å². The van der Waals surface area contributed by atoms with E-state index in [9.17, 15) is 14.9 Å². The molecule has 0 fully saturated rings. The number of nitrogens with zero attached hydrogens (tertiary/aromatic N) is 1. The molecule has 0 aromatic heterocycles. The maximum atomic E-state index is 10.9. The van der Waals surface area contributed by atoms with Gasteiger partial charge in [0.1, 0.15) is 11.4 Å². The van der Waals surface area contributed by atoms with E-state index in [-0.39, 0.29) is 11.6 Å². The molecule has 7 heteroatoms. The Morgan fingerprint density at radius 1 is 1.44 bits per heavy atom. The number of methoxy groups -OCH3 is 1. The van der Waals surface area contributed by atoms with Crippen molar-refractivity contribution in [3.63, 3.8) is 0 Å². The number of carbonyl (C=O) groups excluding carboxylic acids is 1. The lowest BCUT2D eigenvalue weighted by Gasteiger charge is -2.08. The Bertz CT molecular complexity index is 448. The summed E-state index contributed by atoms with van der Waals surface area (Å²) in [6.45, 7) is 2.22. The zero-order valence-electron chi connectivity index (χ0n) is 10.2. The first-order valence-corrected chi connectivity index (χ1v) is 5.35. The number of rotatable bonds is 6. The van der Waals surface area contributed by atoms with Gasteiger partial charge in [-0.15, -0.1) is 0 Å². The minimum absolute atomic E-state index is 0.0582. The number of nitrogens with one attached hydrogen (secondary N) is 2. The Balaban J connectivity index is 2.69. The van der Waals surface area contributed by atoms with Gasteiger partial charge in [-0.2, -0.15) is 0 Å². The lowest BCUT2D eigenvalue weighted by atomic mass is 10.2. The summed E-state index contributed by atoms with van der Waals surface area (Å²) < 4.78 is 4.93. The summed E-state index contributed by atoms with van der Waals surface area (Å²) in [5, 5.41) is 16.4. The van der Waals surface area contributed by atoms with Crippen molar-refractivity contribution in [2.45, 2.75) is 6.92 Å². The highest BCUT2D eigenvalue weighted by Gasteiger charge is 2.14. The quantitative estimate of drug-likeness (QED) is 0.450. The molecule has 0 heterocycles. The lowest BCUT2D eigenvalue weighted by Crippen LogP contribution is -2.26. The maximum absolute atomic E-state index is 10.9. The van der Waals surface area contributed by atoms with Crippen LogP contribution in [-0.4, -0.2) is 31.0 Å². The summed E-state index contributed by atoms with van der Waals surface area (Å²) >= 11 is 0. The molecule has 0 aliphatic rings. The van der Waals surface area contributed by atoms with Crippen LogP contribution < -0.4 is 15.4 Å². The van der Waals surface area contributed by atoms with Gasteiger partial charge in [0, 0.05) is 20.0 Å². The molecule has 0 spiro atoms. The fourth-order valence-electron chi connectivity index (χ4n) is 1.37. The Labute approximate surface area is 104 Å². The Morgan fingerprint density at radius 2 is 2.17 bits per heavy atom. The Morgan fingerprint density at radius 3 is 2.72 bits per heavy atom. The monoisotopic (exact) mass is 253 g/mol. The highest BCUT2D eigenvalue weighted by molar-refractivity contribution is 5.72. The Kier molecular flexibility index (Phi) is 4.91. The molecule has 2 N–H and O–H groups in total. The van der Waals surface area contributed by atoms with Crippen LogP contribution in [0, 0.1) is 10.1 Å². The molecule has 0 aliphatic carbocycles. The molecule has 0 bridgehead atoms. The summed E-state index contributed by atoms with van der Waals surface area (Å²) in [7, 11) is 1.45. The number of carbonyl (C=O) groups is 1. The number of hydrogen-bond donors (Lipinski definition) is 2. The molecule has 1 amide bonds. The second-order valence-corrected chi connectivity index (χ2v) is 3.55. The number of ether oxygens (including phenoxy) is 1. The highest BCUT2D eigenvalue weighted by Crippen LogP contribution is 2.28. The second-order valence-electron chi connectivity index (χ2n) is 3.55. The molecule has 0 radical (unpaired) electrons. The van der Waals surface area contributed by atoms with Crippen molar-refractivity contribution in [3.05, 3.63) is 28.3 Å². The van der Waals surface area contributed by atoms with Crippen LogP contribution in [0.5, 0.6) is 5.75 Å². The summed E-state index contributed by atoms with van der Waals surface area (Å²) in [6.07, 6.45) is 0. The van der Waals surface area contributed by atoms with E-state index < -0.39 is 4.92 Å². The standard InChI is InChI=1S/C11H15N3O4/c1-8(15)12-5-6-13-10-4-3-9(18-2)7-11(10)14(16)17/h3-4,7,13H,5-6H2,1-2H3,(H,12,15). The molecule has 1 aromatic rings. The summed E-state index contributed by atoms with van der Waals surface area (Å²) in [5.41, 5.74) is 0.336. The molecule has 0 aliphatic heterocycles. The first kappa shape index (κ1) is 13.8. The van der Waals surface area contributed by atoms with Gasteiger partial charge in [-0.05, 0) is 12.1 Å². The van der Waals surface area contributed by atoms with Crippen LogP contribution >= 0.6 is 0 Å². The van der Waals surface area contributed by atoms with Crippen LogP contribution in [0.2, 0.25) is 0 Å². The number of hydrogen-bond acceptors (Lipinski definition) is 5. The molecule has 7 nitrogen and oxygen atoms in total. The third-order valence-corrected chi connectivity index (χ3v) is 2.22. The van der Waals surface area contributed by atoms with Crippen LogP contribution in [0.1, 0.15) is 6.92 Å². The van der Waals surface area contributed by atoms with Crippen molar-refractivity contribution < 1.29 is 14.5 Å². The van der Waals surface area contributed by atoms with Crippen molar-refractivity contribution in [3.8, 4) is 5.75 Å². The van der Waals surface area contributed by atoms with E-state index in [4.69, 9.17) is 4.74 Å². The first-order chi connectivity index (χ1) is 8.54. The predicted octanol–water partition coefficient (Wildman–Crippen LogP) is 1.15. The lowest BCUT2D eigenvalue weighted by molar-refractivity contribution is -0.384. The molecule has 0 saturated carbocycles. The summed E-state index contributed by atoms with van der Waals surface area (Å²) in [6, 6.07) is 4.55. The number of nitro groups is 1. The van der Waals surface area contributed by atoms with E-state index in [1.54, 1.807) is 12.1 Å². The molecular weight excluding hydrogens is 238 g/mol. The fourth-order valence-corrected chi connectivity index (χ4v) is 1.37. The van der Waals surface area contributed by atoms with Crippen LogP contribution in [0.15, 0.2) is 18.2 Å². The third-order valence-electron chi connectivity index (χ3n) is 2.22. The van der Waals surface area contributed by atoms with Crippen LogP contribution in [0.3, 0.4) is 0 Å². The van der Waals surface area contributed by atoms with Crippen molar-refractivity contribution in [2.24, 2.45) is 0 Å². The van der Waals surface area contributed by atoms with Gasteiger partial charge in [0.05, 0.1) is 18.1 Å². The number of nitro benzene ring substituents is 1. The van der Waals surface area contributed by atoms with Gasteiger partial charge < -0.3 is 15.4 Å². The van der Waals surface area contributed by atoms with Crippen LogP contribution in [0.4, 0.5) is 11.4 Å².